The van der Waals surface area contributed by atoms with Crippen LogP contribution in [0.15, 0.2) is 18.2 Å². The van der Waals surface area contributed by atoms with Crippen molar-refractivity contribution in [1.29, 1.82) is 0 Å². The zero-order valence-corrected chi connectivity index (χ0v) is 13.5. The minimum atomic E-state index is 0.459. The molecule has 2 heteroatoms. The van der Waals surface area contributed by atoms with Crippen LogP contribution in [-0.4, -0.2) is 13.7 Å². The maximum Gasteiger partial charge on any atom is 0.127 e. The van der Waals surface area contributed by atoms with Gasteiger partial charge in [-0.1, -0.05) is 50.8 Å². The molecule has 1 atom stereocenters. The van der Waals surface area contributed by atoms with Crippen molar-refractivity contribution < 1.29 is 4.74 Å². The fraction of sp³-hybridized carbons (Fsp3) is 0.684. The fourth-order valence-corrected chi connectivity index (χ4v) is 4.35. The minimum absolute atomic E-state index is 0.459. The van der Waals surface area contributed by atoms with Gasteiger partial charge >= 0.3 is 0 Å². The van der Waals surface area contributed by atoms with Crippen LogP contribution in [0.3, 0.4) is 0 Å². The summed E-state index contributed by atoms with van der Waals surface area (Å²) >= 11 is 0. The number of rotatable bonds is 5. The zero-order valence-electron chi connectivity index (χ0n) is 13.5. The summed E-state index contributed by atoms with van der Waals surface area (Å²) in [4.78, 5) is 0. The minimum Gasteiger partial charge on any atom is -0.493 e. The normalized spacial score (nSPS) is 26.2. The van der Waals surface area contributed by atoms with Gasteiger partial charge in [-0.15, -0.1) is 0 Å². The van der Waals surface area contributed by atoms with Gasteiger partial charge < -0.3 is 10.1 Å². The molecule has 1 unspecified atom stereocenters. The lowest BCUT2D eigenvalue weighted by Gasteiger charge is -2.34. The molecule has 1 fully saturated rings. The van der Waals surface area contributed by atoms with E-state index in [9.17, 15) is 0 Å². The molecule has 1 aromatic rings. The number of para-hydroxylation sites is 1. The second kappa shape index (κ2) is 6.83. The van der Waals surface area contributed by atoms with E-state index in [4.69, 9.17) is 4.74 Å². The van der Waals surface area contributed by atoms with Crippen LogP contribution in [0.2, 0.25) is 0 Å². The summed E-state index contributed by atoms with van der Waals surface area (Å²) < 4.78 is 5.92. The molecule has 0 spiro atoms. The van der Waals surface area contributed by atoms with Gasteiger partial charge in [0, 0.05) is 18.0 Å². The maximum absolute atomic E-state index is 5.92. The molecule has 116 valence electrons. The third kappa shape index (κ3) is 3.11. The smallest absolute Gasteiger partial charge is 0.127 e. The van der Waals surface area contributed by atoms with Crippen LogP contribution in [-0.2, 0) is 6.42 Å². The first-order chi connectivity index (χ1) is 10.3. The molecule has 0 radical (unpaired) electrons. The summed E-state index contributed by atoms with van der Waals surface area (Å²) in [5.74, 6) is 2.91. The molecule has 2 nitrogen and oxygen atoms in total. The SMILES string of the molecule is CCCC1CCC(C(NC)c2cccc3c2OCC3)CC1. The van der Waals surface area contributed by atoms with Gasteiger partial charge in [-0.3, -0.25) is 0 Å². The van der Waals surface area contributed by atoms with Crippen molar-refractivity contribution in [2.24, 2.45) is 11.8 Å². The van der Waals surface area contributed by atoms with Crippen LogP contribution in [0.5, 0.6) is 5.75 Å². The average molecular weight is 287 g/mol. The molecule has 21 heavy (non-hydrogen) atoms. The highest BCUT2D eigenvalue weighted by atomic mass is 16.5. The van der Waals surface area contributed by atoms with Gasteiger partial charge in [-0.2, -0.15) is 0 Å². The summed E-state index contributed by atoms with van der Waals surface area (Å²) in [6.07, 6.45) is 9.37. The molecule has 1 aromatic carbocycles. The van der Waals surface area contributed by atoms with E-state index in [1.807, 2.05) is 0 Å². The quantitative estimate of drug-likeness (QED) is 0.861. The molecule has 0 bridgehead atoms. The topological polar surface area (TPSA) is 21.3 Å². The van der Waals surface area contributed by atoms with Gasteiger partial charge in [0.1, 0.15) is 5.75 Å². The second-order valence-corrected chi connectivity index (χ2v) is 6.77. The lowest BCUT2D eigenvalue weighted by Crippen LogP contribution is -2.29. The first kappa shape index (κ1) is 14.9. The monoisotopic (exact) mass is 287 g/mol. The Hall–Kier alpha value is -1.02. The van der Waals surface area contributed by atoms with E-state index >= 15 is 0 Å². The molecule has 1 N–H and O–H groups in total. The number of hydrogen-bond acceptors (Lipinski definition) is 2. The molecule has 1 aliphatic carbocycles. The Bertz CT molecular complexity index is 463. The van der Waals surface area contributed by atoms with Gasteiger partial charge in [0.05, 0.1) is 6.61 Å². The molecule has 0 aromatic heterocycles. The van der Waals surface area contributed by atoms with Crippen molar-refractivity contribution >= 4 is 0 Å². The highest BCUT2D eigenvalue weighted by molar-refractivity contribution is 5.45. The Morgan fingerprint density at radius 3 is 2.76 bits per heavy atom. The van der Waals surface area contributed by atoms with Crippen molar-refractivity contribution in [3.63, 3.8) is 0 Å². The highest BCUT2D eigenvalue weighted by Crippen LogP contribution is 2.42. The van der Waals surface area contributed by atoms with Gasteiger partial charge in [0.25, 0.3) is 0 Å². The van der Waals surface area contributed by atoms with Crippen LogP contribution in [0, 0.1) is 11.8 Å². The fourth-order valence-electron chi connectivity index (χ4n) is 4.35. The molecule has 0 saturated heterocycles. The Kier molecular flexibility index (Phi) is 4.84. The highest BCUT2D eigenvalue weighted by Gasteiger charge is 2.30. The number of hydrogen-bond donors (Lipinski definition) is 1. The second-order valence-electron chi connectivity index (χ2n) is 6.77. The first-order valence-corrected chi connectivity index (χ1v) is 8.75. The number of nitrogens with one attached hydrogen (secondary N) is 1. The van der Waals surface area contributed by atoms with E-state index in [1.54, 1.807) is 0 Å². The van der Waals surface area contributed by atoms with E-state index in [0.717, 1.165) is 24.9 Å². The number of ether oxygens (including phenoxy) is 1. The third-order valence-corrected chi connectivity index (χ3v) is 5.45. The van der Waals surface area contributed by atoms with Crippen LogP contribution in [0.25, 0.3) is 0 Å². The number of benzene rings is 1. The standard InChI is InChI=1S/C19H29NO/c1-3-5-14-8-10-15(11-9-14)18(20-2)17-7-4-6-16-12-13-21-19(16)17/h4,6-7,14-15,18,20H,3,5,8-13H2,1-2H3. The van der Waals surface area contributed by atoms with Crippen molar-refractivity contribution in [3.8, 4) is 5.75 Å². The van der Waals surface area contributed by atoms with E-state index in [1.165, 1.54) is 55.4 Å². The van der Waals surface area contributed by atoms with E-state index in [0.29, 0.717) is 6.04 Å². The molecule has 3 rings (SSSR count). The molecule has 0 amide bonds. The summed E-state index contributed by atoms with van der Waals surface area (Å²) in [7, 11) is 2.11. The Morgan fingerprint density at radius 1 is 1.24 bits per heavy atom. The summed E-state index contributed by atoms with van der Waals surface area (Å²) in [6.45, 7) is 3.17. The summed E-state index contributed by atoms with van der Waals surface area (Å²) in [6, 6.07) is 7.15. The van der Waals surface area contributed by atoms with Crippen LogP contribution >= 0.6 is 0 Å². The predicted molar refractivity (Wildman–Crippen MR) is 87.8 cm³/mol. The molecular weight excluding hydrogens is 258 g/mol. The van der Waals surface area contributed by atoms with Crippen molar-refractivity contribution in [2.75, 3.05) is 13.7 Å². The van der Waals surface area contributed by atoms with Crippen LogP contribution in [0.4, 0.5) is 0 Å². The van der Waals surface area contributed by atoms with Crippen LogP contribution in [0.1, 0.15) is 62.6 Å². The molecule has 1 saturated carbocycles. The Balaban J connectivity index is 1.73. The summed E-state index contributed by atoms with van der Waals surface area (Å²) in [5.41, 5.74) is 2.79. The third-order valence-electron chi connectivity index (χ3n) is 5.45. The molecular formula is C19H29NO. The molecule has 1 heterocycles. The predicted octanol–water partition coefficient (Wildman–Crippen LogP) is 4.49. The van der Waals surface area contributed by atoms with E-state index in [2.05, 4.69) is 37.5 Å². The summed E-state index contributed by atoms with van der Waals surface area (Å²) in [5, 5.41) is 3.58. The van der Waals surface area contributed by atoms with Crippen molar-refractivity contribution in [1.82, 2.24) is 5.32 Å². The van der Waals surface area contributed by atoms with Gasteiger partial charge in [0.2, 0.25) is 0 Å². The molecule has 2 aliphatic rings. The number of fused-ring (bicyclic) bond motifs is 1. The van der Waals surface area contributed by atoms with Gasteiger partial charge in [-0.25, -0.2) is 0 Å². The first-order valence-electron chi connectivity index (χ1n) is 8.75. The zero-order chi connectivity index (χ0) is 14.7. The van der Waals surface area contributed by atoms with E-state index in [-0.39, 0.29) is 0 Å². The van der Waals surface area contributed by atoms with Crippen LogP contribution < -0.4 is 10.1 Å². The van der Waals surface area contributed by atoms with Gasteiger partial charge in [0.15, 0.2) is 0 Å². The van der Waals surface area contributed by atoms with Crippen molar-refractivity contribution in [2.45, 2.75) is 57.9 Å². The average Bonchev–Trinajstić information content (AvgIpc) is 2.99. The lowest BCUT2D eigenvalue weighted by atomic mass is 9.75. The van der Waals surface area contributed by atoms with Crippen molar-refractivity contribution in [3.05, 3.63) is 29.3 Å². The Morgan fingerprint density at radius 2 is 2.05 bits per heavy atom. The van der Waals surface area contributed by atoms with Gasteiger partial charge in [-0.05, 0) is 37.3 Å². The Labute approximate surface area is 129 Å². The lowest BCUT2D eigenvalue weighted by molar-refractivity contribution is 0.216. The largest absolute Gasteiger partial charge is 0.493 e. The molecule has 1 aliphatic heterocycles. The maximum atomic E-state index is 5.92. The van der Waals surface area contributed by atoms with E-state index < -0.39 is 0 Å².